The average molecular weight is 390 g/mol. The number of rotatable bonds is 7. The zero-order chi connectivity index (χ0) is 18.6. The molecule has 1 fully saturated rings. The molecule has 2 rings (SSSR count). The van der Waals surface area contributed by atoms with Gasteiger partial charge in [-0.25, -0.2) is 8.42 Å². The van der Waals surface area contributed by atoms with Crippen molar-refractivity contribution in [2.75, 3.05) is 39.0 Å². The van der Waals surface area contributed by atoms with Crippen molar-refractivity contribution in [3.63, 3.8) is 0 Å². The summed E-state index contributed by atoms with van der Waals surface area (Å²) in [5, 5.41) is 10.8. The molecule has 1 atom stereocenters. The van der Waals surface area contributed by atoms with Gasteiger partial charge in [0.1, 0.15) is 6.54 Å². The molecule has 1 amide bonds. The summed E-state index contributed by atoms with van der Waals surface area (Å²) in [5.74, 6) is -1.33. The predicted molar refractivity (Wildman–Crippen MR) is 93.4 cm³/mol. The number of hydrogen-bond donors (Lipinski definition) is 1. The number of carboxylic acids is 1. The van der Waals surface area contributed by atoms with E-state index < -0.39 is 28.6 Å². The third-order valence-corrected chi connectivity index (χ3v) is 6.10. The van der Waals surface area contributed by atoms with Crippen LogP contribution in [0.5, 0.6) is 0 Å². The first kappa shape index (κ1) is 19.8. The Morgan fingerprint density at radius 3 is 2.80 bits per heavy atom. The first-order chi connectivity index (χ1) is 11.7. The molecule has 1 unspecified atom stereocenters. The first-order valence-corrected chi connectivity index (χ1v) is 10.6. The third-order valence-electron chi connectivity index (χ3n) is 3.94. The van der Waals surface area contributed by atoms with Crippen molar-refractivity contribution < 1.29 is 27.9 Å². The topological polar surface area (TPSA) is 104 Å². The second-order valence-corrected chi connectivity index (χ2v) is 8.72. The maximum absolute atomic E-state index is 12.7. The van der Waals surface area contributed by atoms with Gasteiger partial charge < -0.3 is 14.7 Å². The normalized spacial score (nSPS) is 18.5. The number of aryl methyl sites for hydroxylation is 1. The molecule has 1 N–H and O–H groups in total. The Morgan fingerprint density at radius 1 is 1.48 bits per heavy atom. The molecular formula is C15H22N2O6S2. The summed E-state index contributed by atoms with van der Waals surface area (Å²) in [7, 11) is -3.68. The number of carbonyl (C=O) groups excluding carboxylic acids is 1. The molecule has 8 nitrogen and oxygen atoms in total. The molecule has 0 aromatic carbocycles. The molecule has 1 aromatic heterocycles. The minimum absolute atomic E-state index is 0.0932. The van der Waals surface area contributed by atoms with Crippen LogP contribution in [0.25, 0.3) is 0 Å². The fraction of sp³-hybridized carbons (Fsp3) is 0.600. The van der Waals surface area contributed by atoms with E-state index in [0.29, 0.717) is 11.4 Å². The van der Waals surface area contributed by atoms with Gasteiger partial charge in [-0.05, 0) is 23.4 Å². The van der Waals surface area contributed by atoms with Crippen molar-refractivity contribution in [3.05, 3.63) is 21.9 Å². The van der Waals surface area contributed by atoms with Gasteiger partial charge in [-0.2, -0.15) is 4.31 Å². The van der Waals surface area contributed by atoms with Gasteiger partial charge in [0, 0.05) is 19.6 Å². The number of nitrogens with zero attached hydrogens (tertiary/aromatic N) is 2. The summed E-state index contributed by atoms with van der Waals surface area (Å²) in [6.07, 6.45) is 1.16. The van der Waals surface area contributed by atoms with E-state index in [4.69, 9.17) is 9.84 Å². The predicted octanol–water partition coefficient (Wildman–Crippen LogP) is 0.498. The van der Waals surface area contributed by atoms with Crippen LogP contribution in [0.4, 0.5) is 0 Å². The number of amides is 1. The molecule has 1 aliphatic heterocycles. The summed E-state index contributed by atoms with van der Waals surface area (Å²) in [6, 6.07) is 1.92. The average Bonchev–Trinajstić information content (AvgIpc) is 3.01. The zero-order valence-corrected chi connectivity index (χ0v) is 15.8. The number of ether oxygens (including phenoxy) is 1. The molecule has 1 aliphatic rings. The van der Waals surface area contributed by atoms with Crippen LogP contribution in [0.1, 0.15) is 22.2 Å². The fourth-order valence-electron chi connectivity index (χ4n) is 2.65. The van der Waals surface area contributed by atoms with Crippen molar-refractivity contribution in [1.82, 2.24) is 9.21 Å². The number of carboxylic acid groups (broad SMARTS) is 1. The lowest BCUT2D eigenvalue weighted by Gasteiger charge is -2.34. The van der Waals surface area contributed by atoms with Crippen molar-refractivity contribution in [2.24, 2.45) is 0 Å². The highest BCUT2D eigenvalue weighted by molar-refractivity contribution is 7.88. The van der Waals surface area contributed by atoms with Crippen LogP contribution < -0.4 is 0 Å². The number of morpholine rings is 1. The van der Waals surface area contributed by atoms with Crippen LogP contribution in [0.2, 0.25) is 0 Å². The second-order valence-electron chi connectivity index (χ2n) is 5.82. The lowest BCUT2D eigenvalue weighted by atomic mass is 10.2. The van der Waals surface area contributed by atoms with Crippen molar-refractivity contribution >= 4 is 33.2 Å². The molecule has 0 saturated carbocycles. The summed E-state index contributed by atoms with van der Waals surface area (Å²) < 4.78 is 29.9. The molecule has 0 bridgehead atoms. The molecule has 1 saturated heterocycles. The fourth-order valence-corrected chi connectivity index (χ4v) is 4.40. The number of thiophene rings is 1. The Hall–Kier alpha value is -1.49. The van der Waals surface area contributed by atoms with Crippen LogP contribution in [-0.4, -0.2) is 79.8 Å². The van der Waals surface area contributed by atoms with Crippen LogP contribution in [0.3, 0.4) is 0 Å². The molecule has 0 spiro atoms. The minimum Gasteiger partial charge on any atom is -0.480 e. The maximum Gasteiger partial charge on any atom is 0.318 e. The van der Waals surface area contributed by atoms with Crippen LogP contribution in [0.15, 0.2) is 11.4 Å². The van der Waals surface area contributed by atoms with Crippen LogP contribution >= 0.6 is 11.3 Å². The van der Waals surface area contributed by atoms with Gasteiger partial charge in [-0.1, -0.05) is 6.92 Å². The Labute approximate surface area is 151 Å². The molecule has 25 heavy (non-hydrogen) atoms. The molecule has 10 heteroatoms. The summed E-state index contributed by atoms with van der Waals surface area (Å²) in [4.78, 5) is 25.9. The minimum atomic E-state index is -3.68. The van der Waals surface area contributed by atoms with E-state index in [0.717, 1.165) is 22.5 Å². The highest BCUT2D eigenvalue weighted by Gasteiger charge is 2.30. The Morgan fingerprint density at radius 2 is 2.20 bits per heavy atom. The molecule has 0 radical (unpaired) electrons. The van der Waals surface area contributed by atoms with E-state index in [1.807, 2.05) is 18.4 Å². The monoisotopic (exact) mass is 390 g/mol. The Bertz CT molecular complexity index is 730. The standard InChI is InChI=1S/C15H22N2O6S2/c1-3-11-4-7-24-14(11)15(20)16-5-6-23-12(8-16)9-17(10-13(18)19)25(2,21)22/h4,7,12H,3,5-6,8-10H2,1-2H3,(H,18,19). The number of carbonyl (C=O) groups is 2. The van der Waals surface area contributed by atoms with E-state index >= 15 is 0 Å². The SMILES string of the molecule is CCc1ccsc1C(=O)N1CCOC(CN(CC(=O)O)S(C)(=O)=O)C1. The van der Waals surface area contributed by atoms with Crippen LogP contribution in [0, 0.1) is 0 Å². The van der Waals surface area contributed by atoms with E-state index in [1.165, 1.54) is 11.3 Å². The van der Waals surface area contributed by atoms with Gasteiger partial charge in [-0.15, -0.1) is 11.3 Å². The molecule has 1 aromatic rings. The number of hydrogen-bond acceptors (Lipinski definition) is 6. The van der Waals surface area contributed by atoms with Gasteiger partial charge in [0.15, 0.2) is 0 Å². The maximum atomic E-state index is 12.7. The smallest absolute Gasteiger partial charge is 0.318 e. The quantitative estimate of drug-likeness (QED) is 0.727. The summed E-state index contributed by atoms with van der Waals surface area (Å²) in [6.45, 7) is 2.20. The van der Waals surface area contributed by atoms with E-state index in [2.05, 4.69) is 0 Å². The summed E-state index contributed by atoms with van der Waals surface area (Å²) >= 11 is 1.39. The van der Waals surface area contributed by atoms with Gasteiger partial charge in [0.25, 0.3) is 5.91 Å². The van der Waals surface area contributed by atoms with Crippen LogP contribution in [-0.2, 0) is 26.0 Å². The third kappa shape index (κ3) is 5.24. The van der Waals surface area contributed by atoms with E-state index in [9.17, 15) is 18.0 Å². The van der Waals surface area contributed by atoms with Crippen molar-refractivity contribution in [1.29, 1.82) is 0 Å². The lowest BCUT2D eigenvalue weighted by Crippen LogP contribution is -2.51. The first-order valence-electron chi connectivity index (χ1n) is 7.86. The summed E-state index contributed by atoms with van der Waals surface area (Å²) in [5.41, 5.74) is 0.988. The largest absolute Gasteiger partial charge is 0.480 e. The second kappa shape index (κ2) is 8.26. The molecule has 140 valence electrons. The van der Waals surface area contributed by atoms with Gasteiger partial charge in [0.2, 0.25) is 10.0 Å². The van der Waals surface area contributed by atoms with E-state index in [-0.39, 0.29) is 25.6 Å². The highest BCUT2D eigenvalue weighted by atomic mass is 32.2. The number of sulfonamides is 1. The molecular weight excluding hydrogens is 368 g/mol. The highest BCUT2D eigenvalue weighted by Crippen LogP contribution is 2.21. The van der Waals surface area contributed by atoms with Crippen molar-refractivity contribution in [2.45, 2.75) is 19.4 Å². The van der Waals surface area contributed by atoms with Crippen molar-refractivity contribution in [3.8, 4) is 0 Å². The Balaban J connectivity index is 2.07. The van der Waals surface area contributed by atoms with Gasteiger partial charge in [-0.3, -0.25) is 9.59 Å². The molecule has 0 aliphatic carbocycles. The zero-order valence-electron chi connectivity index (χ0n) is 14.2. The lowest BCUT2D eigenvalue weighted by molar-refractivity contribution is -0.137. The number of aliphatic carboxylic acids is 1. The van der Waals surface area contributed by atoms with Gasteiger partial charge >= 0.3 is 5.97 Å². The van der Waals surface area contributed by atoms with E-state index in [1.54, 1.807) is 4.90 Å². The molecule has 2 heterocycles. The van der Waals surface area contributed by atoms with Gasteiger partial charge in [0.05, 0.1) is 23.8 Å². The Kier molecular flexibility index (Phi) is 6.55.